The van der Waals surface area contributed by atoms with Crippen LogP contribution in [0.15, 0.2) is 66.7 Å². The molecule has 0 aliphatic heterocycles. The highest BCUT2D eigenvalue weighted by molar-refractivity contribution is 6.30. The minimum absolute atomic E-state index is 0.192. The fraction of sp³-hybridized carbons (Fsp3) is 0.419. The van der Waals surface area contributed by atoms with Gasteiger partial charge in [-0.05, 0) is 110 Å². The average Bonchev–Trinajstić information content (AvgIpc) is 2.85. The molecule has 0 aromatic heterocycles. The summed E-state index contributed by atoms with van der Waals surface area (Å²) >= 11 is 5.78. The summed E-state index contributed by atoms with van der Waals surface area (Å²) in [6, 6.07) is 23.6. The second-order valence-corrected chi connectivity index (χ2v) is 10.2. The molecule has 0 nitrogen and oxygen atoms in total. The summed E-state index contributed by atoms with van der Waals surface area (Å²) in [6.45, 7) is 2.25. The minimum atomic E-state index is -0.330. The van der Waals surface area contributed by atoms with Gasteiger partial charge >= 0.3 is 0 Å². The zero-order chi connectivity index (χ0) is 23.0. The SMILES string of the molecule is CCCc1ccc([C@H]2CC[C@H](CCc3ccc(CCc4ccc(Cl)c(F)c4)cc3)CC2)cc1. The number of halogens is 2. The van der Waals surface area contributed by atoms with Crippen molar-refractivity contribution in [3.8, 4) is 0 Å². The summed E-state index contributed by atoms with van der Waals surface area (Å²) in [5.41, 5.74) is 6.75. The summed E-state index contributed by atoms with van der Waals surface area (Å²) in [5, 5.41) is 0.192. The van der Waals surface area contributed by atoms with Crippen molar-refractivity contribution in [1.29, 1.82) is 0 Å². The van der Waals surface area contributed by atoms with E-state index in [0.717, 1.165) is 30.2 Å². The van der Waals surface area contributed by atoms with Crippen LogP contribution >= 0.6 is 11.6 Å². The molecule has 3 aromatic carbocycles. The largest absolute Gasteiger partial charge is 0.205 e. The maximum Gasteiger partial charge on any atom is 0.142 e. The lowest BCUT2D eigenvalue weighted by Gasteiger charge is -2.29. The predicted molar refractivity (Wildman–Crippen MR) is 139 cm³/mol. The standard InChI is InChI=1S/C31H36ClF/c1-2-3-23-12-17-28(18-13-23)29-19-14-26(15-20-29)9-8-24-4-6-25(7-5-24)10-11-27-16-21-30(32)31(33)22-27/h4-7,12-13,16-18,21-22,26,29H,2-3,8-11,14-15,19-20H2,1H3/t26-,29-. The number of hydrogen-bond acceptors (Lipinski definition) is 0. The maximum absolute atomic E-state index is 13.6. The molecule has 33 heavy (non-hydrogen) atoms. The number of hydrogen-bond donors (Lipinski definition) is 0. The molecule has 3 aromatic rings. The molecule has 0 radical (unpaired) electrons. The minimum Gasteiger partial charge on any atom is -0.205 e. The van der Waals surface area contributed by atoms with Gasteiger partial charge in [-0.2, -0.15) is 0 Å². The molecule has 0 saturated heterocycles. The van der Waals surface area contributed by atoms with Crippen LogP contribution in [0, 0.1) is 11.7 Å². The molecule has 0 bridgehead atoms. The van der Waals surface area contributed by atoms with Gasteiger partial charge in [-0.25, -0.2) is 4.39 Å². The molecule has 0 atom stereocenters. The van der Waals surface area contributed by atoms with Crippen molar-refractivity contribution in [2.24, 2.45) is 5.92 Å². The Morgan fingerprint density at radius 2 is 1.24 bits per heavy atom. The van der Waals surface area contributed by atoms with E-state index in [-0.39, 0.29) is 10.8 Å². The molecule has 0 spiro atoms. The number of rotatable bonds is 9. The summed E-state index contributed by atoms with van der Waals surface area (Å²) in [6.07, 6.45) is 12.0. The molecule has 0 N–H and O–H groups in total. The summed E-state index contributed by atoms with van der Waals surface area (Å²) in [7, 11) is 0. The summed E-state index contributed by atoms with van der Waals surface area (Å²) in [4.78, 5) is 0. The van der Waals surface area contributed by atoms with Crippen molar-refractivity contribution in [2.45, 2.75) is 77.0 Å². The van der Waals surface area contributed by atoms with E-state index in [2.05, 4.69) is 55.5 Å². The van der Waals surface area contributed by atoms with E-state index in [1.807, 2.05) is 6.07 Å². The zero-order valence-electron chi connectivity index (χ0n) is 19.8. The van der Waals surface area contributed by atoms with Crippen molar-refractivity contribution < 1.29 is 4.39 Å². The zero-order valence-corrected chi connectivity index (χ0v) is 20.6. The van der Waals surface area contributed by atoms with Crippen molar-refractivity contribution >= 4 is 11.6 Å². The summed E-state index contributed by atoms with van der Waals surface area (Å²) in [5.74, 6) is 1.29. The molecule has 2 heteroatoms. The Kier molecular flexibility index (Phi) is 8.62. The van der Waals surface area contributed by atoms with Crippen LogP contribution in [-0.2, 0) is 25.7 Å². The molecule has 0 unspecified atom stereocenters. The van der Waals surface area contributed by atoms with Gasteiger partial charge in [0.05, 0.1) is 5.02 Å². The lowest BCUT2D eigenvalue weighted by atomic mass is 9.77. The molecule has 1 aliphatic rings. The van der Waals surface area contributed by atoms with Crippen LogP contribution in [0.2, 0.25) is 5.02 Å². The molecule has 174 valence electrons. The van der Waals surface area contributed by atoms with Crippen molar-refractivity contribution in [2.75, 3.05) is 0 Å². The first kappa shape index (κ1) is 24.0. The number of benzene rings is 3. The highest BCUT2D eigenvalue weighted by Crippen LogP contribution is 2.37. The van der Waals surface area contributed by atoms with Crippen LogP contribution in [0.5, 0.6) is 0 Å². The molecule has 1 saturated carbocycles. The third kappa shape index (κ3) is 6.93. The topological polar surface area (TPSA) is 0 Å². The van der Waals surface area contributed by atoms with Crippen LogP contribution in [0.4, 0.5) is 4.39 Å². The molecule has 0 amide bonds. The molecule has 1 fully saturated rings. The highest BCUT2D eigenvalue weighted by Gasteiger charge is 2.22. The second-order valence-electron chi connectivity index (χ2n) is 9.81. The van der Waals surface area contributed by atoms with E-state index < -0.39 is 0 Å². The first-order valence-electron chi connectivity index (χ1n) is 12.7. The molecule has 1 aliphatic carbocycles. The molecular weight excluding hydrogens is 427 g/mol. The van der Waals surface area contributed by atoms with Gasteiger partial charge in [-0.15, -0.1) is 0 Å². The Labute approximate surface area is 204 Å². The Morgan fingerprint density at radius 3 is 1.88 bits per heavy atom. The molecular formula is C31H36ClF. The van der Waals surface area contributed by atoms with E-state index in [9.17, 15) is 4.39 Å². The van der Waals surface area contributed by atoms with E-state index >= 15 is 0 Å². The van der Waals surface area contributed by atoms with Crippen LogP contribution in [0.25, 0.3) is 0 Å². The first-order valence-corrected chi connectivity index (χ1v) is 13.1. The number of aryl methyl sites for hydroxylation is 4. The quantitative estimate of drug-likeness (QED) is 0.297. The van der Waals surface area contributed by atoms with E-state index in [0.29, 0.717) is 0 Å². The second kappa shape index (κ2) is 11.8. The van der Waals surface area contributed by atoms with Crippen molar-refractivity contribution in [3.63, 3.8) is 0 Å². The molecule has 0 heterocycles. The lowest BCUT2D eigenvalue weighted by molar-refractivity contribution is 0.310. The third-order valence-electron chi connectivity index (χ3n) is 7.39. The Hall–Kier alpha value is -2.12. The van der Waals surface area contributed by atoms with E-state index in [1.54, 1.807) is 17.7 Å². The lowest BCUT2D eigenvalue weighted by Crippen LogP contribution is -2.14. The highest BCUT2D eigenvalue weighted by atomic mass is 35.5. The predicted octanol–water partition coefficient (Wildman–Crippen LogP) is 9.12. The monoisotopic (exact) mass is 462 g/mol. The van der Waals surface area contributed by atoms with Crippen LogP contribution in [0.3, 0.4) is 0 Å². The van der Waals surface area contributed by atoms with Crippen LogP contribution in [-0.4, -0.2) is 0 Å². The summed E-state index contributed by atoms with van der Waals surface area (Å²) < 4.78 is 13.6. The molecule has 4 rings (SSSR count). The Bertz CT molecular complexity index is 998. The van der Waals surface area contributed by atoms with E-state index in [4.69, 9.17) is 11.6 Å². The maximum atomic E-state index is 13.6. The van der Waals surface area contributed by atoms with Crippen molar-refractivity contribution in [3.05, 3.63) is 105 Å². The van der Waals surface area contributed by atoms with Gasteiger partial charge in [0.25, 0.3) is 0 Å². The van der Waals surface area contributed by atoms with Gasteiger partial charge in [0.1, 0.15) is 5.82 Å². The third-order valence-corrected chi connectivity index (χ3v) is 7.69. The van der Waals surface area contributed by atoms with Gasteiger partial charge in [-0.1, -0.05) is 79.5 Å². The van der Waals surface area contributed by atoms with E-state index in [1.165, 1.54) is 68.1 Å². The van der Waals surface area contributed by atoms with Gasteiger partial charge in [-0.3, -0.25) is 0 Å². The normalized spacial score (nSPS) is 18.4. The van der Waals surface area contributed by atoms with Gasteiger partial charge in [0.2, 0.25) is 0 Å². The van der Waals surface area contributed by atoms with Gasteiger partial charge < -0.3 is 0 Å². The Morgan fingerprint density at radius 1 is 0.697 bits per heavy atom. The Balaban J connectivity index is 1.19. The van der Waals surface area contributed by atoms with Gasteiger partial charge in [0, 0.05) is 0 Å². The van der Waals surface area contributed by atoms with Gasteiger partial charge in [0.15, 0.2) is 0 Å². The van der Waals surface area contributed by atoms with Crippen LogP contribution in [0.1, 0.15) is 79.2 Å². The average molecular weight is 463 g/mol. The fourth-order valence-corrected chi connectivity index (χ4v) is 5.37. The smallest absolute Gasteiger partial charge is 0.142 e. The first-order chi connectivity index (χ1) is 16.1. The van der Waals surface area contributed by atoms with Crippen molar-refractivity contribution in [1.82, 2.24) is 0 Å². The van der Waals surface area contributed by atoms with Crippen LogP contribution < -0.4 is 0 Å². The fourth-order valence-electron chi connectivity index (χ4n) is 5.26.